The second-order valence-corrected chi connectivity index (χ2v) is 6.73. The summed E-state index contributed by atoms with van der Waals surface area (Å²) in [5.41, 5.74) is 0. The second kappa shape index (κ2) is 5.99. The molecule has 0 aliphatic heterocycles. The molecule has 0 saturated heterocycles. The maximum Gasteiger partial charge on any atom is 0.460 e. The van der Waals surface area contributed by atoms with E-state index < -0.39 is 45.1 Å². The smallest absolute Gasteiger partial charge is 0.383 e. The van der Waals surface area contributed by atoms with Crippen LogP contribution in [0.5, 0.6) is 0 Å². The summed E-state index contributed by atoms with van der Waals surface area (Å²) in [4.78, 5) is 0. The van der Waals surface area contributed by atoms with Crippen molar-refractivity contribution in [2.75, 3.05) is 0 Å². The molecule has 24 heavy (non-hydrogen) atoms. The highest BCUT2D eigenvalue weighted by Gasteiger charge is 2.86. The maximum absolute atomic E-state index is 13.4. The van der Waals surface area contributed by atoms with E-state index in [-0.39, 0.29) is 12.8 Å². The third-order valence-corrected chi connectivity index (χ3v) is 4.60. The summed E-state index contributed by atoms with van der Waals surface area (Å²) in [6.07, 6.45) is -5.29. The Morgan fingerprint density at radius 3 is 1.92 bits per heavy atom. The van der Waals surface area contributed by atoms with Gasteiger partial charge in [-0.25, -0.2) is 0 Å². The van der Waals surface area contributed by atoms with Crippen LogP contribution in [0.1, 0.15) is 26.2 Å². The zero-order valence-corrected chi connectivity index (χ0v) is 12.6. The van der Waals surface area contributed by atoms with Gasteiger partial charge in [0.2, 0.25) is 0 Å². The molecule has 0 saturated carbocycles. The van der Waals surface area contributed by atoms with Crippen LogP contribution in [-0.2, 0) is 14.3 Å². The molecular formula is C11H11F9O3S. The van der Waals surface area contributed by atoms with E-state index in [1.54, 1.807) is 0 Å². The first-order valence-corrected chi connectivity index (χ1v) is 7.74. The Kier molecular flexibility index (Phi) is 5.21. The molecule has 0 spiro atoms. The third kappa shape index (κ3) is 3.18. The minimum absolute atomic E-state index is 0.135. The Hall–Kier alpha value is -1.14. The van der Waals surface area contributed by atoms with Crippen molar-refractivity contribution >= 4 is 10.1 Å². The minimum atomic E-state index is -7.30. The van der Waals surface area contributed by atoms with Crippen LogP contribution in [0.15, 0.2) is 11.8 Å². The molecule has 1 aliphatic carbocycles. The van der Waals surface area contributed by atoms with Crippen LogP contribution in [-0.4, -0.2) is 31.7 Å². The molecule has 0 fully saturated rings. The van der Waals surface area contributed by atoms with Crippen molar-refractivity contribution in [1.29, 1.82) is 0 Å². The number of allylic oxidation sites excluding steroid dienone is 2. The SMILES string of the molecule is CC1CCCC=C1OS(=O)(=O)C(F)(F)C(F)(F)C(F)(F)C(F)(F)F. The van der Waals surface area contributed by atoms with E-state index in [1.165, 1.54) is 6.92 Å². The predicted octanol–water partition coefficient (Wildman–Crippen LogP) is 4.46. The fourth-order valence-corrected chi connectivity index (χ4v) is 2.86. The summed E-state index contributed by atoms with van der Waals surface area (Å²) in [6, 6.07) is 0. The van der Waals surface area contributed by atoms with E-state index in [0.29, 0.717) is 6.42 Å². The first kappa shape index (κ1) is 20.9. The number of halogens is 9. The van der Waals surface area contributed by atoms with Gasteiger partial charge < -0.3 is 4.18 Å². The van der Waals surface area contributed by atoms with Crippen LogP contribution in [0.2, 0.25) is 0 Å². The third-order valence-electron chi connectivity index (χ3n) is 3.31. The Balaban J connectivity index is 3.28. The fourth-order valence-electron chi connectivity index (χ4n) is 1.82. The van der Waals surface area contributed by atoms with Crippen molar-refractivity contribution in [2.45, 2.75) is 49.5 Å². The van der Waals surface area contributed by atoms with Gasteiger partial charge in [-0.1, -0.05) is 6.92 Å². The van der Waals surface area contributed by atoms with Crippen LogP contribution in [0.25, 0.3) is 0 Å². The van der Waals surface area contributed by atoms with E-state index in [9.17, 15) is 47.9 Å². The molecule has 0 aromatic carbocycles. The van der Waals surface area contributed by atoms with Gasteiger partial charge in [0.25, 0.3) is 0 Å². The lowest BCUT2D eigenvalue weighted by Gasteiger charge is -2.33. The van der Waals surface area contributed by atoms with Crippen LogP contribution < -0.4 is 0 Å². The minimum Gasteiger partial charge on any atom is -0.383 e. The number of hydrogen-bond acceptors (Lipinski definition) is 3. The van der Waals surface area contributed by atoms with E-state index in [2.05, 4.69) is 4.18 Å². The van der Waals surface area contributed by atoms with Gasteiger partial charge in [-0.2, -0.15) is 47.9 Å². The fraction of sp³-hybridized carbons (Fsp3) is 0.818. The highest BCUT2D eigenvalue weighted by atomic mass is 32.2. The Morgan fingerprint density at radius 2 is 1.50 bits per heavy atom. The average molecular weight is 394 g/mol. The maximum atomic E-state index is 13.4. The van der Waals surface area contributed by atoms with Crippen LogP contribution in [0.4, 0.5) is 39.5 Å². The van der Waals surface area contributed by atoms with Gasteiger partial charge in [0.1, 0.15) is 5.76 Å². The first-order chi connectivity index (χ1) is 10.5. The zero-order chi connectivity index (χ0) is 19.2. The van der Waals surface area contributed by atoms with E-state index in [0.717, 1.165) is 6.08 Å². The average Bonchev–Trinajstić information content (AvgIpc) is 2.39. The van der Waals surface area contributed by atoms with Crippen LogP contribution in [0.3, 0.4) is 0 Å². The molecule has 13 heteroatoms. The van der Waals surface area contributed by atoms with Crippen molar-refractivity contribution in [2.24, 2.45) is 5.92 Å². The Labute approximate surface area is 130 Å². The van der Waals surface area contributed by atoms with Gasteiger partial charge in [-0.3, -0.25) is 0 Å². The molecular weight excluding hydrogens is 383 g/mol. The van der Waals surface area contributed by atoms with Gasteiger partial charge in [-0.15, -0.1) is 0 Å². The molecule has 142 valence electrons. The van der Waals surface area contributed by atoms with Gasteiger partial charge >= 0.3 is 33.4 Å². The molecule has 1 unspecified atom stereocenters. The largest absolute Gasteiger partial charge is 0.460 e. The second-order valence-electron chi connectivity index (χ2n) is 5.14. The molecule has 0 heterocycles. The first-order valence-electron chi connectivity index (χ1n) is 6.33. The standard InChI is InChI=1S/C11H11F9O3S/c1-6-4-2-3-5-7(6)23-24(21,22)11(19,20)9(14,15)8(12,13)10(16,17)18/h5-6H,2-4H2,1H3. The lowest BCUT2D eigenvalue weighted by atomic mass is 9.96. The lowest BCUT2D eigenvalue weighted by molar-refractivity contribution is -0.382. The van der Waals surface area contributed by atoms with Gasteiger partial charge in [0, 0.05) is 5.92 Å². The summed E-state index contributed by atoms with van der Waals surface area (Å²) < 4.78 is 141. The summed E-state index contributed by atoms with van der Waals surface area (Å²) in [5, 5.41) is -6.82. The Morgan fingerprint density at radius 1 is 1.00 bits per heavy atom. The quantitative estimate of drug-likeness (QED) is 0.511. The molecule has 0 aromatic heterocycles. The molecule has 1 atom stereocenters. The predicted molar refractivity (Wildman–Crippen MR) is 62.0 cm³/mol. The summed E-state index contributed by atoms with van der Waals surface area (Å²) in [6.45, 7) is 1.28. The zero-order valence-electron chi connectivity index (χ0n) is 11.8. The Bertz CT molecular complexity index is 607. The highest BCUT2D eigenvalue weighted by molar-refractivity contribution is 7.88. The molecule has 0 bridgehead atoms. The van der Waals surface area contributed by atoms with Crippen molar-refractivity contribution in [3.8, 4) is 0 Å². The molecule has 1 aliphatic rings. The van der Waals surface area contributed by atoms with Crippen molar-refractivity contribution in [1.82, 2.24) is 0 Å². The van der Waals surface area contributed by atoms with Crippen molar-refractivity contribution in [3.05, 3.63) is 11.8 Å². The van der Waals surface area contributed by atoms with Gasteiger partial charge in [0.05, 0.1) is 0 Å². The molecule has 3 nitrogen and oxygen atoms in total. The summed E-state index contributed by atoms with van der Waals surface area (Å²) in [5.74, 6) is -16.1. The van der Waals surface area contributed by atoms with Gasteiger partial charge in [0.15, 0.2) is 0 Å². The number of alkyl halides is 9. The molecule has 0 amide bonds. The van der Waals surface area contributed by atoms with Crippen molar-refractivity contribution in [3.63, 3.8) is 0 Å². The van der Waals surface area contributed by atoms with Crippen molar-refractivity contribution < 1.29 is 52.1 Å². The molecule has 0 N–H and O–H groups in total. The number of rotatable bonds is 5. The van der Waals surface area contributed by atoms with E-state index >= 15 is 0 Å². The number of hydrogen-bond donors (Lipinski definition) is 0. The van der Waals surface area contributed by atoms with Crippen LogP contribution >= 0.6 is 0 Å². The lowest BCUT2D eigenvalue weighted by Crippen LogP contribution is -2.63. The summed E-state index contributed by atoms with van der Waals surface area (Å²) in [7, 11) is -6.83. The van der Waals surface area contributed by atoms with Crippen LogP contribution in [0, 0.1) is 5.92 Å². The molecule has 0 aromatic rings. The molecule has 0 radical (unpaired) electrons. The normalized spacial score (nSPS) is 21.4. The topological polar surface area (TPSA) is 43.4 Å². The van der Waals surface area contributed by atoms with Gasteiger partial charge in [-0.05, 0) is 25.3 Å². The van der Waals surface area contributed by atoms with E-state index in [1.807, 2.05) is 0 Å². The molecule has 1 rings (SSSR count). The van der Waals surface area contributed by atoms with E-state index in [4.69, 9.17) is 0 Å². The monoisotopic (exact) mass is 394 g/mol. The summed E-state index contributed by atoms with van der Waals surface area (Å²) >= 11 is 0. The highest BCUT2D eigenvalue weighted by Crippen LogP contribution is 2.55.